The minimum absolute atomic E-state index is 0.234. The molecule has 5 nitrogen and oxygen atoms in total. The van der Waals surface area contributed by atoms with Gasteiger partial charge in [0.1, 0.15) is 0 Å². The molecule has 0 aliphatic heterocycles. The molecule has 104 valence electrons. The van der Waals surface area contributed by atoms with Crippen LogP contribution in [0.5, 0.6) is 0 Å². The van der Waals surface area contributed by atoms with Crippen LogP contribution in [0.2, 0.25) is 0 Å². The van der Waals surface area contributed by atoms with Gasteiger partial charge in [0.15, 0.2) is 0 Å². The second-order valence-corrected chi connectivity index (χ2v) is 4.74. The third-order valence-electron chi connectivity index (χ3n) is 2.09. The lowest BCUT2D eigenvalue weighted by Gasteiger charge is -1.98. The van der Waals surface area contributed by atoms with Gasteiger partial charge in [-0.1, -0.05) is 13.8 Å². The number of hydrogen-bond acceptors (Lipinski definition) is 5. The maximum atomic E-state index is 11.3. The lowest BCUT2D eigenvalue weighted by molar-refractivity contribution is -0.142. The van der Waals surface area contributed by atoms with Crippen LogP contribution in [0.1, 0.15) is 31.2 Å². The Kier molecular flexibility index (Phi) is 6.21. The summed E-state index contributed by atoms with van der Waals surface area (Å²) in [4.78, 5) is 16.6. The highest BCUT2D eigenvalue weighted by Gasteiger charge is 2.08. The predicted octanol–water partition coefficient (Wildman–Crippen LogP) is 2.77. The number of hydrogen-bond donors (Lipinski definition) is 0. The summed E-state index contributed by atoms with van der Waals surface area (Å²) in [5, 5.41) is 4.97. The highest BCUT2D eigenvalue weighted by atomic mass is 32.1. The van der Waals surface area contributed by atoms with Gasteiger partial charge in [0.2, 0.25) is 5.13 Å². The van der Waals surface area contributed by atoms with E-state index in [-0.39, 0.29) is 12.4 Å². The molecule has 0 aliphatic carbocycles. The van der Waals surface area contributed by atoms with E-state index in [0.717, 1.165) is 15.6 Å². The van der Waals surface area contributed by atoms with Crippen LogP contribution in [0, 0.1) is 6.92 Å². The van der Waals surface area contributed by atoms with Crippen LogP contribution >= 0.6 is 11.3 Å². The zero-order valence-electron chi connectivity index (χ0n) is 11.7. The fourth-order valence-electron chi connectivity index (χ4n) is 1.38. The molecule has 0 saturated heterocycles. The first-order valence-corrected chi connectivity index (χ1v) is 7.12. The fraction of sp³-hybridized carbons (Fsp3) is 0.462. The molecule has 0 saturated carbocycles. The Morgan fingerprint density at radius 1 is 1.42 bits per heavy atom. The first-order chi connectivity index (χ1) is 9.19. The molecule has 2 aromatic rings. The molecule has 0 bridgehead atoms. The Morgan fingerprint density at radius 2 is 2.16 bits per heavy atom. The minimum Gasteiger partial charge on any atom is -0.466 e. The third-order valence-corrected chi connectivity index (χ3v) is 3.00. The average molecular weight is 281 g/mol. The lowest BCUT2D eigenvalue weighted by Crippen LogP contribution is -2.06. The van der Waals surface area contributed by atoms with E-state index in [1.807, 2.05) is 20.8 Å². The van der Waals surface area contributed by atoms with Gasteiger partial charge in [0.25, 0.3) is 0 Å². The zero-order chi connectivity index (χ0) is 14.3. The first-order valence-electron chi connectivity index (χ1n) is 6.31. The Morgan fingerprint density at radius 3 is 2.74 bits per heavy atom. The summed E-state index contributed by atoms with van der Waals surface area (Å²) in [5.74, 6) is -0.234. The molecule has 2 heterocycles. The monoisotopic (exact) mass is 281 g/mol. The average Bonchev–Trinajstić information content (AvgIpc) is 3.01. The van der Waals surface area contributed by atoms with Crippen LogP contribution < -0.4 is 0 Å². The molecule has 0 amide bonds. The highest BCUT2D eigenvalue weighted by Crippen LogP contribution is 2.16. The van der Waals surface area contributed by atoms with Crippen molar-refractivity contribution in [3.8, 4) is 5.13 Å². The van der Waals surface area contributed by atoms with Crippen molar-refractivity contribution >= 4 is 17.3 Å². The minimum atomic E-state index is -0.234. The first kappa shape index (κ1) is 15.4. The van der Waals surface area contributed by atoms with Crippen LogP contribution in [-0.2, 0) is 16.0 Å². The summed E-state index contributed by atoms with van der Waals surface area (Å²) >= 11 is 1.56. The quantitative estimate of drug-likeness (QED) is 0.809. The molecule has 0 aromatic carbocycles. The van der Waals surface area contributed by atoms with Crippen LogP contribution in [0.15, 0.2) is 18.6 Å². The van der Waals surface area contributed by atoms with Crippen molar-refractivity contribution in [3.63, 3.8) is 0 Å². The Labute approximate surface area is 117 Å². The van der Waals surface area contributed by atoms with Crippen molar-refractivity contribution in [1.29, 1.82) is 0 Å². The largest absolute Gasteiger partial charge is 0.466 e. The summed E-state index contributed by atoms with van der Waals surface area (Å²) in [7, 11) is 0. The van der Waals surface area contributed by atoms with Crippen molar-refractivity contribution in [1.82, 2.24) is 14.8 Å². The Hall–Kier alpha value is -1.69. The summed E-state index contributed by atoms with van der Waals surface area (Å²) < 4.78 is 6.55. The molecule has 0 unspecified atom stereocenters. The Balaban J connectivity index is 0.000000861. The number of nitrogens with zero attached hydrogens (tertiary/aromatic N) is 3. The van der Waals surface area contributed by atoms with Gasteiger partial charge in [-0.05, 0) is 13.8 Å². The van der Waals surface area contributed by atoms with Crippen molar-refractivity contribution in [3.05, 3.63) is 29.0 Å². The van der Waals surface area contributed by atoms with E-state index < -0.39 is 0 Å². The van der Waals surface area contributed by atoms with Gasteiger partial charge in [0, 0.05) is 22.8 Å². The number of thiazole rings is 1. The molecular weight excluding hydrogens is 262 g/mol. The van der Waals surface area contributed by atoms with E-state index in [2.05, 4.69) is 10.1 Å². The second kappa shape index (κ2) is 7.68. The molecule has 0 aliphatic rings. The van der Waals surface area contributed by atoms with Crippen LogP contribution in [0.25, 0.3) is 5.13 Å². The maximum Gasteiger partial charge on any atom is 0.310 e. The number of aryl methyl sites for hydroxylation is 1. The van der Waals surface area contributed by atoms with E-state index in [1.54, 1.807) is 41.5 Å². The molecule has 19 heavy (non-hydrogen) atoms. The number of esters is 1. The molecule has 0 spiro atoms. The third kappa shape index (κ3) is 4.48. The van der Waals surface area contributed by atoms with E-state index >= 15 is 0 Å². The van der Waals surface area contributed by atoms with E-state index in [1.165, 1.54) is 0 Å². The molecule has 0 fully saturated rings. The number of carbonyl (C=O) groups is 1. The Bertz CT molecular complexity index is 519. The molecule has 6 heteroatoms. The van der Waals surface area contributed by atoms with E-state index in [4.69, 9.17) is 4.74 Å². The SMILES string of the molecule is CC.CCOC(=O)Cc1cnn(-c2ncc(C)s2)c1. The fourth-order valence-corrected chi connectivity index (χ4v) is 2.08. The highest BCUT2D eigenvalue weighted by molar-refractivity contribution is 7.13. The number of rotatable bonds is 4. The van der Waals surface area contributed by atoms with E-state index in [9.17, 15) is 4.79 Å². The molecule has 2 rings (SSSR count). The van der Waals surface area contributed by atoms with E-state index in [0.29, 0.717) is 6.61 Å². The number of aromatic nitrogens is 3. The van der Waals surface area contributed by atoms with Gasteiger partial charge in [-0.15, -0.1) is 11.3 Å². The summed E-state index contributed by atoms with van der Waals surface area (Å²) in [5.41, 5.74) is 0.830. The lowest BCUT2D eigenvalue weighted by atomic mass is 10.3. The van der Waals surface area contributed by atoms with Gasteiger partial charge in [-0.2, -0.15) is 5.10 Å². The van der Waals surface area contributed by atoms with Crippen LogP contribution in [0.4, 0.5) is 0 Å². The van der Waals surface area contributed by atoms with Crippen LogP contribution in [0.3, 0.4) is 0 Å². The van der Waals surface area contributed by atoms with Gasteiger partial charge >= 0.3 is 5.97 Å². The van der Waals surface area contributed by atoms with Crippen molar-refractivity contribution in [2.75, 3.05) is 6.61 Å². The molecule has 2 aromatic heterocycles. The maximum absolute atomic E-state index is 11.3. The molecule has 0 radical (unpaired) electrons. The van der Waals surface area contributed by atoms with Gasteiger partial charge < -0.3 is 4.74 Å². The molecular formula is C13H19N3O2S. The normalized spacial score (nSPS) is 9.68. The topological polar surface area (TPSA) is 57.0 Å². The molecule has 0 atom stereocenters. The van der Waals surface area contributed by atoms with Crippen LogP contribution in [-0.4, -0.2) is 27.3 Å². The van der Waals surface area contributed by atoms with Crippen molar-refractivity contribution in [2.24, 2.45) is 0 Å². The predicted molar refractivity (Wildman–Crippen MR) is 75.7 cm³/mol. The smallest absolute Gasteiger partial charge is 0.310 e. The summed E-state index contributed by atoms with van der Waals surface area (Å²) in [6.45, 7) is 8.18. The second-order valence-electron chi connectivity index (χ2n) is 3.53. The van der Waals surface area contributed by atoms with Gasteiger partial charge in [0.05, 0.1) is 19.2 Å². The number of carbonyl (C=O) groups excluding carboxylic acids is 1. The standard InChI is InChI=1S/C11H13N3O2S.C2H6/c1-3-16-10(15)4-9-6-13-14(7-9)11-12-5-8(2)17-11;1-2/h5-7H,3-4H2,1-2H3;1-2H3. The van der Waals surface area contributed by atoms with Crippen molar-refractivity contribution < 1.29 is 9.53 Å². The van der Waals surface area contributed by atoms with Crippen molar-refractivity contribution in [2.45, 2.75) is 34.1 Å². The summed E-state index contributed by atoms with van der Waals surface area (Å²) in [6, 6.07) is 0. The number of ether oxygens (including phenoxy) is 1. The zero-order valence-corrected chi connectivity index (χ0v) is 12.5. The van der Waals surface area contributed by atoms with Gasteiger partial charge in [-0.3, -0.25) is 4.79 Å². The van der Waals surface area contributed by atoms with Gasteiger partial charge in [-0.25, -0.2) is 9.67 Å². The summed E-state index contributed by atoms with van der Waals surface area (Å²) in [6.07, 6.45) is 5.51. The molecule has 0 N–H and O–H groups in total.